The Morgan fingerprint density at radius 2 is 2.29 bits per heavy atom. The quantitative estimate of drug-likeness (QED) is 0.808. The molecule has 1 aromatic carbocycles. The first-order valence-corrected chi connectivity index (χ1v) is 7.84. The van der Waals surface area contributed by atoms with Crippen molar-refractivity contribution in [3.63, 3.8) is 0 Å². The Morgan fingerprint density at radius 3 is 2.95 bits per heavy atom. The van der Waals surface area contributed by atoms with Crippen molar-refractivity contribution in [3.8, 4) is 17.6 Å². The standard InChI is InChI=1S/C15H18N2O3S/c1-3-20-13-9-11(5-6-12(13)19-2)15-17(8-4-7-16)14(18)10-21-15/h5-6,9,15H,3-4,8,10H2,1-2H3. The van der Waals surface area contributed by atoms with Crippen LogP contribution in [-0.2, 0) is 4.79 Å². The van der Waals surface area contributed by atoms with Crippen molar-refractivity contribution in [2.24, 2.45) is 0 Å². The molecule has 1 unspecified atom stereocenters. The summed E-state index contributed by atoms with van der Waals surface area (Å²) < 4.78 is 10.9. The fraction of sp³-hybridized carbons (Fsp3) is 0.467. The van der Waals surface area contributed by atoms with Gasteiger partial charge in [-0.2, -0.15) is 5.26 Å². The maximum Gasteiger partial charge on any atom is 0.233 e. The van der Waals surface area contributed by atoms with Gasteiger partial charge < -0.3 is 14.4 Å². The summed E-state index contributed by atoms with van der Waals surface area (Å²) in [5.41, 5.74) is 0.994. The SMILES string of the molecule is CCOc1cc(C2SCC(=O)N2CCC#N)ccc1OC. The third kappa shape index (κ3) is 3.42. The summed E-state index contributed by atoms with van der Waals surface area (Å²) in [7, 11) is 1.60. The van der Waals surface area contributed by atoms with Crippen LogP contribution < -0.4 is 9.47 Å². The van der Waals surface area contributed by atoms with Crippen molar-refractivity contribution < 1.29 is 14.3 Å². The molecule has 0 radical (unpaired) electrons. The van der Waals surface area contributed by atoms with Crippen LogP contribution in [-0.4, -0.2) is 36.8 Å². The first kappa shape index (κ1) is 15.5. The fourth-order valence-electron chi connectivity index (χ4n) is 2.26. The first-order valence-electron chi connectivity index (χ1n) is 6.80. The fourth-order valence-corrected chi connectivity index (χ4v) is 3.47. The highest BCUT2D eigenvalue weighted by Crippen LogP contribution is 2.41. The maximum absolute atomic E-state index is 11.9. The molecule has 1 atom stereocenters. The minimum absolute atomic E-state index is 0.0593. The van der Waals surface area contributed by atoms with E-state index >= 15 is 0 Å². The number of hydrogen-bond donors (Lipinski definition) is 0. The Kier molecular flexibility index (Phi) is 5.34. The molecule has 0 bridgehead atoms. The summed E-state index contributed by atoms with van der Waals surface area (Å²) >= 11 is 1.57. The highest BCUT2D eigenvalue weighted by Gasteiger charge is 2.32. The van der Waals surface area contributed by atoms with Crippen molar-refractivity contribution in [3.05, 3.63) is 23.8 Å². The van der Waals surface area contributed by atoms with Gasteiger partial charge in [-0.3, -0.25) is 4.79 Å². The molecule has 0 spiro atoms. The van der Waals surface area contributed by atoms with E-state index in [1.807, 2.05) is 25.1 Å². The monoisotopic (exact) mass is 306 g/mol. The second-order valence-electron chi connectivity index (χ2n) is 4.50. The molecular formula is C15H18N2O3S. The van der Waals surface area contributed by atoms with Crippen LogP contribution in [0.4, 0.5) is 0 Å². The van der Waals surface area contributed by atoms with Crippen LogP contribution in [0.2, 0.25) is 0 Å². The molecule has 1 heterocycles. The van der Waals surface area contributed by atoms with Crippen LogP contribution in [0, 0.1) is 11.3 Å². The summed E-state index contributed by atoms with van der Waals surface area (Å²) in [5.74, 6) is 1.89. The van der Waals surface area contributed by atoms with E-state index in [2.05, 4.69) is 6.07 Å². The van der Waals surface area contributed by atoms with Gasteiger partial charge in [0.25, 0.3) is 0 Å². The second kappa shape index (κ2) is 7.23. The van der Waals surface area contributed by atoms with Gasteiger partial charge in [0, 0.05) is 6.54 Å². The van der Waals surface area contributed by atoms with Crippen molar-refractivity contribution >= 4 is 17.7 Å². The molecule has 5 nitrogen and oxygen atoms in total. The highest BCUT2D eigenvalue weighted by molar-refractivity contribution is 8.00. The summed E-state index contributed by atoms with van der Waals surface area (Å²) in [6.07, 6.45) is 0.345. The predicted octanol–water partition coefficient (Wildman–Crippen LogP) is 2.58. The van der Waals surface area contributed by atoms with Crippen molar-refractivity contribution in [1.82, 2.24) is 4.90 Å². The molecule has 1 aliphatic heterocycles. The number of methoxy groups -OCH3 is 1. The molecule has 112 valence electrons. The van der Waals surface area contributed by atoms with Crippen LogP contribution in [0.15, 0.2) is 18.2 Å². The molecule has 1 fully saturated rings. The number of ether oxygens (including phenoxy) is 2. The van der Waals surface area contributed by atoms with E-state index in [1.54, 1.807) is 23.8 Å². The van der Waals surface area contributed by atoms with Crippen molar-refractivity contribution in [2.45, 2.75) is 18.7 Å². The topological polar surface area (TPSA) is 62.6 Å². The summed E-state index contributed by atoms with van der Waals surface area (Å²) in [6, 6.07) is 7.80. The van der Waals surface area contributed by atoms with E-state index in [1.165, 1.54) is 0 Å². The van der Waals surface area contributed by atoms with Crippen LogP contribution in [0.5, 0.6) is 11.5 Å². The molecular weight excluding hydrogens is 288 g/mol. The van der Waals surface area contributed by atoms with Gasteiger partial charge in [-0.15, -0.1) is 11.8 Å². The average molecular weight is 306 g/mol. The molecule has 0 aromatic heterocycles. The average Bonchev–Trinajstić information content (AvgIpc) is 2.86. The molecule has 1 amide bonds. The number of nitriles is 1. The largest absolute Gasteiger partial charge is 0.493 e. The number of hydrogen-bond acceptors (Lipinski definition) is 5. The first-order chi connectivity index (χ1) is 10.2. The lowest BCUT2D eigenvalue weighted by Crippen LogP contribution is -2.29. The minimum Gasteiger partial charge on any atom is -0.493 e. The van der Waals surface area contributed by atoms with Gasteiger partial charge in [-0.1, -0.05) is 6.07 Å². The molecule has 1 aliphatic rings. The minimum atomic E-state index is -0.0593. The maximum atomic E-state index is 11.9. The zero-order valence-electron chi connectivity index (χ0n) is 12.2. The number of nitrogens with zero attached hydrogens (tertiary/aromatic N) is 2. The Labute approximate surface area is 128 Å². The molecule has 1 saturated heterocycles. The summed E-state index contributed by atoms with van der Waals surface area (Å²) in [6.45, 7) is 2.93. The molecule has 0 N–H and O–H groups in total. The van der Waals surface area contributed by atoms with E-state index in [9.17, 15) is 4.79 Å². The van der Waals surface area contributed by atoms with Gasteiger partial charge in [0.1, 0.15) is 5.37 Å². The number of carbonyl (C=O) groups is 1. The summed E-state index contributed by atoms with van der Waals surface area (Å²) in [5, 5.41) is 8.66. The Balaban J connectivity index is 2.25. The Hall–Kier alpha value is -1.87. The molecule has 0 saturated carbocycles. The van der Waals surface area contributed by atoms with Gasteiger partial charge in [0.05, 0.1) is 32.0 Å². The number of rotatable bonds is 6. The van der Waals surface area contributed by atoms with E-state index in [-0.39, 0.29) is 11.3 Å². The van der Waals surface area contributed by atoms with Gasteiger partial charge in [0.2, 0.25) is 5.91 Å². The van der Waals surface area contributed by atoms with Crippen LogP contribution in [0.3, 0.4) is 0 Å². The van der Waals surface area contributed by atoms with Crippen LogP contribution in [0.1, 0.15) is 24.3 Å². The predicted molar refractivity (Wildman–Crippen MR) is 81.3 cm³/mol. The van der Waals surface area contributed by atoms with Gasteiger partial charge in [-0.05, 0) is 24.6 Å². The second-order valence-corrected chi connectivity index (χ2v) is 5.57. The van der Waals surface area contributed by atoms with Gasteiger partial charge in [0.15, 0.2) is 11.5 Å². The van der Waals surface area contributed by atoms with E-state index in [4.69, 9.17) is 14.7 Å². The Bertz CT molecular complexity index is 556. The Morgan fingerprint density at radius 1 is 1.48 bits per heavy atom. The van der Waals surface area contributed by atoms with E-state index in [0.29, 0.717) is 36.8 Å². The summed E-state index contributed by atoms with van der Waals surface area (Å²) in [4.78, 5) is 13.7. The lowest BCUT2D eigenvalue weighted by atomic mass is 10.1. The van der Waals surface area contributed by atoms with Gasteiger partial charge >= 0.3 is 0 Å². The van der Waals surface area contributed by atoms with Crippen LogP contribution in [0.25, 0.3) is 0 Å². The lowest BCUT2D eigenvalue weighted by Gasteiger charge is -2.24. The van der Waals surface area contributed by atoms with Crippen molar-refractivity contribution in [2.75, 3.05) is 26.0 Å². The normalized spacial score (nSPS) is 17.7. The van der Waals surface area contributed by atoms with Crippen molar-refractivity contribution in [1.29, 1.82) is 5.26 Å². The van der Waals surface area contributed by atoms with E-state index in [0.717, 1.165) is 5.56 Å². The zero-order chi connectivity index (χ0) is 15.2. The highest BCUT2D eigenvalue weighted by atomic mass is 32.2. The molecule has 1 aromatic rings. The lowest BCUT2D eigenvalue weighted by molar-refractivity contribution is -0.127. The molecule has 0 aliphatic carbocycles. The zero-order valence-corrected chi connectivity index (χ0v) is 13.0. The number of thioether (sulfide) groups is 1. The van der Waals surface area contributed by atoms with Gasteiger partial charge in [-0.25, -0.2) is 0 Å². The van der Waals surface area contributed by atoms with Crippen LogP contribution >= 0.6 is 11.8 Å². The number of benzene rings is 1. The smallest absolute Gasteiger partial charge is 0.233 e. The third-order valence-electron chi connectivity index (χ3n) is 3.21. The third-order valence-corrected chi connectivity index (χ3v) is 4.46. The number of carbonyl (C=O) groups excluding carboxylic acids is 1. The molecule has 6 heteroatoms. The van der Waals surface area contributed by atoms with E-state index < -0.39 is 0 Å². The molecule has 21 heavy (non-hydrogen) atoms. The number of amides is 1. The molecule has 2 rings (SSSR count).